The number of nitrogens with zero attached hydrogens (tertiary/aromatic N) is 4. The van der Waals surface area contributed by atoms with Gasteiger partial charge < -0.3 is 9.72 Å². The molecule has 0 aliphatic rings. The predicted molar refractivity (Wildman–Crippen MR) is 132 cm³/mol. The average molecular weight is 467 g/mol. The number of nitrogens with one attached hydrogen (secondary N) is 2. The molecule has 0 aliphatic carbocycles. The van der Waals surface area contributed by atoms with Gasteiger partial charge in [-0.3, -0.25) is 19.9 Å². The Morgan fingerprint density at radius 1 is 1.00 bits per heavy atom. The molecule has 0 bridgehead atoms. The molecule has 6 aromatic rings. The fraction of sp³-hybridized carbons (Fsp3) is 0.0800. The number of benzene rings is 1. The van der Waals surface area contributed by atoms with E-state index in [0.717, 1.165) is 43.6 Å². The molecular weight excluding hydrogens is 448 g/mol. The van der Waals surface area contributed by atoms with Crippen LogP contribution in [0.4, 0.5) is 0 Å². The molecule has 166 valence electrons. The molecular formula is C25H18N6O2S. The van der Waals surface area contributed by atoms with Gasteiger partial charge in [-0.1, -0.05) is 6.07 Å². The highest BCUT2D eigenvalue weighted by Crippen LogP contribution is 2.34. The molecule has 8 nitrogen and oxygen atoms in total. The number of Topliss-reactive ketones (excluding diaryl/α,β-unsaturated/α-hetero) is 1. The Morgan fingerprint density at radius 2 is 1.91 bits per heavy atom. The van der Waals surface area contributed by atoms with Crippen molar-refractivity contribution in [2.24, 2.45) is 0 Å². The summed E-state index contributed by atoms with van der Waals surface area (Å²) in [6, 6.07) is 13.6. The maximum Gasteiger partial charge on any atom is 0.169 e. The smallest absolute Gasteiger partial charge is 0.169 e. The molecule has 0 radical (unpaired) electrons. The van der Waals surface area contributed by atoms with E-state index in [1.54, 1.807) is 32.6 Å². The van der Waals surface area contributed by atoms with Crippen LogP contribution in [0.25, 0.3) is 55.2 Å². The molecule has 0 unspecified atom stereocenters. The summed E-state index contributed by atoms with van der Waals surface area (Å²) >= 11 is 1.42. The van der Waals surface area contributed by atoms with Crippen LogP contribution >= 0.6 is 11.3 Å². The number of carbonyl (C=O) groups is 1. The summed E-state index contributed by atoms with van der Waals surface area (Å²) in [7, 11) is 1.62. The Kier molecular flexibility index (Phi) is 4.70. The zero-order chi connectivity index (χ0) is 23.2. The van der Waals surface area contributed by atoms with Gasteiger partial charge >= 0.3 is 0 Å². The summed E-state index contributed by atoms with van der Waals surface area (Å²) in [6.07, 6.45) is 5.22. The molecule has 34 heavy (non-hydrogen) atoms. The van der Waals surface area contributed by atoms with Crippen molar-refractivity contribution in [1.82, 2.24) is 30.1 Å². The first-order valence-electron chi connectivity index (χ1n) is 10.5. The van der Waals surface area contributed by atoms with Crippen LogP contribution in [0.3, 0.4) is 0 Å². The van der Waals surface area contributed by atoms with E-state index < -0.39 is 0 Å². The zero-order valence-corrected chi connectivity index (χ0v) is 19.1. The number of hydrogen-bond acceptors (Lipinski definition) is 7. The lowest BCUT2D eigenvalue weighted by atomic mass is 10.0. The number of ether oxygens (including phenoxy) is 1. The van der Waals surface area contributed by atoms with Crippen LogP contribution < -0.4 is 4.74 Å². The van der Waals surface area contributed by atoms with Crippen molar-refractivity contribution in [3.05, 3.63) is 65.9 Å². The van der Waals surface area contributed by atoms with Crippen LogP contribution in [0, 0.1) is 0 Å². The molecule has 0 fully saturated rings. The number of hydrogen-bond donors (Lipinski definition) is 2. The van der Waals surface area contributed by atoms with Crippen molar-refractivity contribution >= 4 is 39.1 Å². The van der Waals surface area contributed by atoms with Gasteiger partial charge in [-0.15, -0.1) is 11.3 Å². The summed E-state index contributed by atoms with van der Waals surface area (Å²) < 4.78 is 5.32. The fourth-order valence-corrected chi connectivity index (χ4v) is 4.84. The highest BCUT2D eigenvalue weighted by molar-refractivity contribution is 7.17. The maximum absolute atomic E-state index is 11.7. The van der Waals surface area contributed by atoms with Crippen LogP contribution in [-0.4, -0.2) is 43.0 Å². The van der Waals surface area contributed by atoms with Crippen LogP contribution in [0.15, 0.2) is 61.1 Å². The molecule has 0 spiro atoms. The number of pyridine rings is 2. The fourth-order valence-electron chi connectivity index (χ4n) is 3.94. The number of aromatic nitrogens is 6. The maximum atomic E-state index is 11.7. The van der Waals surface area contributed by atoms with Crippen molar-refractivity contribution in [1.29, 1.82) is 0 Å². The van der Waals surface area contributed by atoms with Crippen molar-refractivity contribution in [2.75, 3.05) is 7.11 Å². The lowest BCUT2D eigenvalue weighted by Crippen LogP contribution is -1.86. The van der Waals surface area contributed by atoms with Gasteiger partial charge in [-0.05, 0) is 48.9 Å². The first-order chi connectivity index (χ1) is 16.6. The number of methoxy groups -OCH3 is 1. The van der Waals surface area contributed by atoms with E-state index in [4.69, 9.17) is 9.72 Å². The first-order valence-corrected chi connectivity index (χ1v) is 11.4. The monoisotopic (exact) mass is 466 g/mol. The molecule has 2 N–H and O–H groups in total. The average Bonchev–Trinajstić information content (AvgIpc) is 3.61. The summed E-state index contributed by atoms with van der Waals surface area (Å²) in [5, 5.41) is 8.56. The van der Waals surface area contributed by atoms with E-state index in [-0.39, 0.29) is 5.78 Å². The van der Waals surface area contributed by atoms with E-state index in [1.807, 2.05) is 36.4 Å². The van der Waals surface area contributed by atoms with E-state index in [1.165, 1.54) is 11.3 Å². The largest absolute Gasteiger partial charge is 0.495 e. The van der Waals surface area contributed by atoms with Gasteiger partial charge in [0.25, 0.3) is 0 Å². The van der Waals surface area contributed by atoms with Crippen LogP contribution in [0.1, 0.15) is 16.6 Å². The third-order valence-corrected chi connectivity index (χ3v) is 6.85. The van der Waals surface area contributed by atoms with Crippen molar-refractivity contribution in [2.45, 2.75) is 6.92 Å². The molecule has 9 heteroatoms. The minimum atomic E-state index is 0.0381. The van der Waals surface area contributed by atoms with Crippen molar-refractivity contribution in [3.8, 4) is 39.0 Å². The van der Waals surface area contributed by atoms with Gasteiger partial charge in [0.2, 0.25) is 0 Å². The van der Waals surface area contributed by atoms with Gasteiger partial charge in [0.05, 0.1) is 34.1 Å². The standard InChI is InChI=1S/C25H18N6O2S/c1-13(32)20-5-6-21(34-20)24-23-19(7-8-27-24)28-25(29-23)22-17-10-14(3-4-18(17)30-31-22)15-9-16(33-2)12-26-11-15/h3-12H,1-2H3,(H,28,29)(H,30,31). The van der Waals surface area contributed by atoms with Crippen molar-refractivity contribution in [3.63, 3.8) is 0 Å². The zero-order valence-electron chi connectivity index (χ0n) is 18.3. The Labute approximate surface area is 197 Å². The van der Waals surface area contributed by atoms with E-state index in [0.29, 0.717) is 22.1 Å². The summed E-state index contributed by atoms with van der Waals surface area (Å²) in [6.45, 7) is 1.56. The Morgan fingerprint density at radius 3 is 2.74 bits per heavy atom. The molecule has 5 heterocycles. The second-order valence-electron chi connectivity index (χ2n) is 7.81. The first kappa shape index (κ1) is 20.3. The second kappa shape index (κ2) is 7.89. The van der Waals surface area contributed by atoms with E-state index in [9.17, 15) is 4.79 Å². The van der Waals surface area contributed by atoms with Gasteiger partial charge in [-0.2, -0.15) is 5.10 Å². The number of fused-ring (bicyclic) bond motifs is 2. The number of aromatic amines is 2. The number of carbonyl (C=O) groups excluding carboxylic acids is 1. The predicted octanol–water partition coefficient (Wildman–Crippen LogP) is 5.50. The highest BCUT2D eigenvalue weighted by atomic mass is 32.1. The number of thiophene rings is 1. The number of imidazole rings is 1. The normalized spacial score (nSPS) is 11.4. The van der Waals surface area contributed by atoms with Crippen LogP contribution in [0.2, 0.25) is 0 Å². The van der Waals surface area contributed by atoms with Crippen molar-refractivity contribution < 1.29 is 9.53 Å². The van der Waals surface area contributed by atoms with Gasteiger partial charge in [0.15, 0.2) is 11.6 Å². The highest BCUT2D eigenvalue weighted by Gasteiger charge is 2.18. The molecule has 0 amide bonds. The molecule has 5 aromatic heterocycles. The van der Waals surface area contributed by atoms with Crippen LogP contribution in [0.5, 0.6) is 5.75 Å². The van der Waals surface area contributed by atoms with Crippen LogP contribution in [-0.2, 0) is 0 Å². The molecule has 1 aromatic carbocycles. The third-order valence-electron chi connectivity index (χ3n) is 5.66. The Hall–Kier alpha value is -4.37. The lowest BCUT2D eigenvalue weighted by Gasteiger charge is -2.04. The number of rotatable bonds is 5. The van der Waals surface area contributed by atoms with Gasteiger partial charge in [-0.25, -0.2) is 4.98 Å². The SMILES string of the molecule is COc1cncc(-c2ccc3[nH]nc(-c4nc5c(-c6ccc(C(C)=O)s6)nccc5[nH]4)c3c2)c1. The number of ketones is 1. The Balaban J connectivity index is 1.47. The van der Waals surface area contributed by atoms with E-state index in [2.05, 4.69) is 31.2 Å². The lowest BCUT2D eigenvalue weighted by molar-refractivity contribution is 0.102. The third kappa shape index (κ3) is 3.34. The second-order valence-corrected chi connectivity index (χ2v) is 8.89. The molecule has 0 aliphatic heterocycles. The topological polar surface area (TPSA) is 109 Å². The van der Waals surface area contributed by atoms with Gasteiger partial charge in [0.1, 0.15) is 22.7 Å². The quantitative estimate of drug-likeness (QED) is 0.325. The summed E-state index contributed by atoms with van der Waals surface area (Å²) in [5.74, 6) is 1.37. The minimum absolute atomic E-state index is 0.0381. The van der Waals surface area contributed by atoms with E-state index >= 15 is 0 Å². The summed E-state index contributed by atoms with van der Waals surface area (Å²) in [5.41, 5.74) is 5.88. The Bertz CT molecular complexity index is 1700. The molecule has 6 rings (SSSR count). The molecule has 0 atom stereocenters. The minimum Gasteiger partial charge on any atom is -0.495 e. The molecule has 0 saturated carbocycles. The number of H-pyrrole nitrogens is 2. The van der Waals surface area contributed by atoms with Gasteiger partial charge in [0, 0.05) is 23.3 Å². The summed E-state index contributed by atoms with van der Waals surface area (Å²) in [4.78, 5) is 30.4. The molecule has 0 saturated heterocycles.